The number of ether oxygens (including phenoxy) is 2. The summed E-state index contributed by atoms with van der Waals surface area (Å²) in [6.07, 6.45) is 1.78. The van der Waals surface area contributed by atoms with E-state index in [1.165, 1.54) is 14.0 Å². The summed E-state index contributed by atoms with van der Waals surface area (Å²) in [6, 6.07) is 11.3. The van der Waals surface area contributed by atoms with E-state index in [0.29, 0.717) is 0 Å². The van der Waals surface area contributed by atoms with Crippen molar-refractivity contribution in [2.75, 3.05) is 7.11 Å². The van der Waals surface area contributed by atoms with Crippen LogP contribution < -0.4 is 5.32 Å². The maximum Gasteiger partial charge on any atom is 0.372 e. The molecule has 1 aromatic rings. The van der Waals surface area contributed by atoms with Crippen molar-refractivity contribution in [3.05, 3.63) is 47.7 Å². The molecule has 0 spiro atoms. The van der Waals surface area contributed by atoms with Gasteiger partial charge in [0.15, 0.2) is 5.76 Å². The lowest BCUT2D eigenvalue weighted by Crippen LogP contribution is -2.58. The Kier molecular flexibility index (Phi) is 4.47. The second-order valence-corrected chi connectivity index (χ2v) is 4.97. The topological polar surface area (TPSA) is 88.4 Å². The SMILES string of the molecule is COC(=O)[C@]1(NC(C)=O)C[C@H](c2ccccc2)C=C(C#N)O1. The molecule has 1 amide bonds. The average Bonchev–Trinajstić information content (AvgIpc) is 2.53. The number of benzene rings is 1. The molecule has 6 heteroatoms. The van der Waals surface area contributed by atoms with E-state index in [0.717, 1.165) is 5.56 Å². The van der Waals surface area contributed by atoms with Gasteiger partial charge in [0.05, 0.1) is 7.11 Å². The molecule has 0 saturated heterocycles. The number of nitrogens with zero attached hydrogens (tertiary/aromatic N) is 1. The number of nitriles is 1. The summed E-state index contributed by atoms with van der Waals surface area (Å²) in [5.41, 5.74) is -0.779. The normalized spacial score (nSPS) is 23.5. The molecule has 114 valence electrons. The Balaban J connectivity index is 2.45. The third-order valence-corrected chi connectivity index (χ3v) is 3.38. The first-order valence-electron chi connectivity index (χ1n) is 6.74. The van der Waals surface area contributed by atoms with Crippen molar-refractivity contribution in [1.29, 1.82) is 5.26 Å². The highest BCUT2D eigenvalue weighted by molar-refractivity contribution is 5.86. The zero-order valence-electron chi connectivity index (χ0n) is 12.3. The predicted octanol–water partition coefficient (Wildman–Crippen LogP) is 1.60. The van der Waals surface area contributed by atoms with E-state index < -0.39 is 17.6 Å². The number of hydrogen-bond donors (Lipinski definition) is 1. The minimum atomic E-state index is -1.69. The Morgan fingerprint density at radius 3 is 2.64 bits per heavy atom. The average molecular weight is 300 g/mol. The summed E-state index contributed by atoms with van der Waals surface area (Å²) in [4.78, 5) is 23.6. The number of carbonyl (C=O) groups excluding carboxylic acids is 2. The standard InChI is InChI=1S/C16H16N2O4/c1-11(19)18-16(15(20)21-2)9-13(8-14(10-17)22-16)12-6-4-3-5-7-12/h3-8,13H,9H2,1-2H3,(H,18,19)/t13-,16+/m1/s1. The highest BCUT2D eigenvalue weighted by Crippen LogP contribution is 2.36. The number of allylic oxidation sites excluding steroid dienone is 2. The van der Waals surface area contributed by atoms with Gasteiger partial charge in [0.1, 0.15) is 6.07 Å². The Hall–Kier alpha value is -2.81. The van der Waals surface area contributed by atoms with E-state index in [-0.39, 0.29) is 18.1 Å². The Labute approximate surface area is 128 Å². The van der Waals surface area contributed by atoms with Crippen molar-refractivity contribution in [1.82, 2.24) is 5.32 Å². The van der Waals surface area contributed by atoms with Gasteiger partial charge in [0.2, 0.25) is 5.91 Å². The smallest absolute Gasteiger partial charge is 0.372 e. The van der Waals surface area contributed by atoms with Crippen LogP contribution in [0, 0.1) is 11.3 Å². The molecule has 1 aliphatic rings. The number of carbonyl (C=O) groups is 2. The summed E-state index contributed by atoms with van der Waals surface area (Å²) < 4.78 is 10.2. The van der Waals surface area contributed by atoms with Gasteiger partial charge >= 0.3 is 5.97 Å². The zero-order chi connectivity index (χ0) is 16.2. The number of esters is 1. The Morgan fingerprint density at radius 1 is 1.41 bits per heavy atom. The molecule has 0 aliphatic carbocycles. The van der Waals surface area contributed by atoms with Crippen LogP contribution in [0.5, 0.6) is 0 Å². The van der Waals surface area contributed by atoms with Gasteiger partial charge < -0.3 is 14.8 Å². The lowest BCUT2D eigenvalue weighted by Gasteiger charge is -2.37. The fourth-order valence-electron chi connectivity index (χ4n) is 2.49. The Morgan fingerprint density at radius 2 is 2.09 bits per heavy atom. The van der Waals surface area contributed by atoms with Gasteiger partial charge in [-0.05, 0) is 11.6 Å². The summed E-state index contributed by atoms with van der Waals surface area (Å²) >= 11 is 0. The molecule has 2 atom stereocenters. The van der Waals surface area contributed by atoms with E-state index in [4.69, 9.17) is 14.7 Å². The van der Waals surface area contributed by atoms with Crippen LogP contribution in [0.2, 0.25) is 0 Å². The first-order valence-corrected chi connectivity index (χ1v) is 6.74. The lowest BCUT2D eigenvalue weighted by atomic mass is 9.87. The van der Waals surface area contributed by atoms with E-state index in [2.05, 4.69) is 5.32 Å². The van der Waals surface area contributed by atoms with Gasteiger partial charge in [0, 0.05) is 19.3 Å². The van der Waals surface area contributed by atoms with Crippen LogP contribution in [0.1, 0.15) is 24.8 Å². The molecule has 1 aliphatic heterocycles. The maximum absolute atomic E-state index is 12.2. The van der Waals surface area contributed by atoms with Crippen LogP contribution >= 0.6 is 0 Å². The molecule has 0 unspecified atom stereocenters. The molecule has 0 radical (unpaired) electrons. The van der Waals surface area contributed by atoms with Gasteiger partial charge in [-0.3, -0.25) is 4.79 Å². The van der Waals surface area contributed by atoms with Crippen molar-refractivity contribution in [3.8, 4) is 6.07 Å². The number of amides is 1. The van der Waals surface area contributed by atoms with Crippen molar-refractivity contribution < 1.29 is 19.1 Å². The van der Waals surface area contributed by atoms with Crippen molar-refractivity contribution in [2.24, 2.45) is 0 Å². The highest BCUT2D eigenvalue weighted by Gasteiger charge is 2.48. The maximum atomic E-state index is 12.2. The minimum absolute atomic E-state index is 0.0285. The quantitative estimate of drug-likeness (QED) is 0.857. The summed E-state index contributed by atoms with van der Waals surface area (Å²) in [7, 11) is 1.21. The van der Waals surface area contributed by atoms with Crippen molar-refractivity contribution in [3.63, 3.8) is 0 Å². The lowest BCUT2D eigenvalue weighted by molar-refractivity contribution is -0.173. The number of hydrogen-bond acceptors (Lipinski definition) is 5. The number of nitrogens with one attached hydrogen (secondary N) is 1. The third-order valence-electron chi connectivity index (χ3n) is 3.38. The van der Waals surface area contributed by atoms with Crippen LogP contribution in [0.15, 0.2) is 42.2 Å². The highest BCUT2D eigenvalue weighted by atomic mass is 16.6. The molecule has 22 heavy (non-hydrogen) atoms. The molecule has 6 nitrogen and oxygen atoms in total. The molecule has 2 rings (SSSR count). The summed E-state index contributed by atoms with van der Waals surface area (Å²) in [6.45, 7) is 1.27. The number of methoxy groups -OCH3 is 1. The van der Waals surface area contributed by atoms with Crippen LogP contribution in [-0.4, -0.2) is 24.7 Å². The molecule has 0 fully saturated rings. The van der Waals surface area contributed by atoms with Crippen molar-refractivity contribution >= 4 is 11.9 Å². The monoisotopic (exact) mass is 300 g/mol. The van der Waals surface area contributed by atoms with E-state index in [9.17, 15) is 9.59 Å². The van der Waals surface area contributed by atoms with Gasteiger partial charge in [-0.1, -0.05) is 30.3 Å². The van der Waals surface area contributed by atoms with Crippen molar-refractivity contribution in [2.45, 2.75) is 25.0 Å². The number of rotatable bonds is 3. The van der Waals surface area contributed by atoms with Crippen LogP contribution in [0.3, 0.4) is 0 Å². The molecular weight excluding hydrogens is 284 g/mol. The molecular formula is C16H16N2O4. The van der Waals surface area contributed by atoms with Gasteiger partial charge in [0.25, 0.3) is 5.72 Å². The summed E-state index contributed by atoms with van der Waals surface area (Å²) in [5.74, 6) is -1.48. The second-order valence-electron chi connectivity index (χ2n) is 4.97. The van der Waals surface area contributed by atoms with Crippen LogP contribution in [-0.2, 0) is 19.1 Å². The molecule has 1 aromatic carbocycles. The van der Waals surface area contributed by atoms with Crippen LogP contribution in [0.4, 0.5) is 0 Å². The van der Waals surface area contributed by atoms with E-state index in [1.807, 2.05) is 36.4 Å². The largest absolute Gasteiger partial charge is 0.465 e. The first kappa shape index (κ1) is 15.6. The third kappa shape index (κ3) is 3.09. The molecule has 0 bridgehead atoms. The molecule has 1 heterocycles. The fraction of sp³-hybridized carbons (Fsp3) is 0.312. The predicted molar refractivity (Wildman–Crippen MR) is 77.1 cm³/mol. The van der Waals surface area contributed by atoms with E-state index in [1.54, 1.807) is 6.08 Å². The van der Waals surface area contributed by atoms with Crippen LogP contribution in [0.25, 0.3) is 0 Å². The van der Waals surface area contributed by atoms with E-state index >= 15 is 0 Å². The van der Waals surface area contributed by atoms with Gasteiger partial charge in [-0.15, -0.1) is 0 Å². The molecule has 1 N–H and O–H groups in total. The summed E-state index contributed by atoms with van der Waals surface area (Å²) in [5, 5.41) is 11.7. The van der Waals surface area contributed by atoms with Gasteiger partial charge in [-0.2, -0.15) is 5.26 Å². The molecule has 0 saturated carbocycles. The fourth-order valence-corrected chi connectivity index (χ4v) is 2.49. The molecule has 0 aromatic heterocycles. The first-order chi connectivity index (χ1) is 10.5. The van der Waals surface area contributed by atoms with Gasteiger partial charge in [-0.25, -0.2) is 4.79 Å². The Bertz CT molecular complexity index is 648. The minimum Gasteiger partial charge on any atom is -0.465 e. The second kappa shape index (κ2) is 6.31. The zero-order valence-corrected chi connectivity index (χ0v) is 12.3.